The first kappa shape index (κ1) is 24.5. The van der Waals surface area contributed by atoms with Gasteiger partial charge in [0.05, 0.1) is 0 Å². The van der Waals surface area contributed by atoms with Crippen LogP contribution in [0.2, 0.25) is 0 Å². The lowest BCUT2D eigenvalue weighted by Crippen LogP contribution is -2.59. The van der Waals surface area contributed by atoms with Crippen molar-refractivity contribution in [3.63, 3.8) is 0 Å². The second-order valence-electron chi connectivity index (χ2n) is 4.58. The van der Waals surface area contributed by atoms with E-state index in [2.05, 4.69) is 28.1 Å². The Morgan fingerprint density at radius 3 is 1.81 bits per heavy atom. The molecule has 0 amide bonds. The van der Waals surface area contributed by atoms with E-state index in [1.807, 2.05) is 18.2 Å². The molecule has 14 heteroatoms. The highest BCUT2D eigenvalue weighted by Crippen LogP contribution is 2.48. The highest BCUT2D eigenvalue weighted by atomic mass is 32.3. The number of aryl methyl sites for hydroxylation is 1. The van der Waals surface area contributed by atoms with Gasteiger partial charge in [-0.15, -0.1) is 0 Å². The van der Waals surface area contributed by atoms with Crippen LogP contribution in [-0.2, 0) is 21.1 Å². The first-order chi connectivity index (χ1) is 11.6. The van der Waals surface area contributed by atoms with Crippen molar-refractivity contribution in [2.24, 2.45) is 0 Å². The van der Waals surface area contributed by atoms with E-state index in [9.17, 15) is 48.1 Å². The monoisotopic (exact) mass is 419 g/mol. The summed E-state index contributed by atoms with van der Waals surface area (Å²) >= 11 is 0. The van der Waals surface area contributed by atoms with Crippen molar-refractivity contribution in [1.29, 1.82) is 0 Å². The van der Waals surface area contributed by atoms with Gasteiger partial charge in [0.2, 0.25) is 10.4 Å². The molecule has 26 heavy (non-hydrogen) atoms. The van der Waals surface area contributed by atoms with Crippen molar-refractivity contribution in [3.05, 3.63) is 30.6 Å². The lowest BCUT2D eigenvalue weighted by molar-refractivity contribution is -0.693. The van der Waals surface area contributed by atoms with Crippen LogP contribution in [0.1, 0.15) is 6.92 Å². The Morgan fingerprint density at radius 1 is 1.04 bits per heavy atom. The van der Waals surface area contributed by atoms with E-state index in [0.717, 1.165) is 6.54 Å². The fraction of sp³-hybridized carbons (Fsp3) is 0.583. The molecule has 5 nitrogen and oxygen atoms in total. The Labute approximate surface area is 143 Å². The minimum atomic E-state index is -6.61. The van der Waals surface area contributed by atoms with Gasteiger partial charge < -0.3 is 4.55 Å². The Kier molecular flexibility index (Phi) is 8.38. The number of rotatable bonds is 7. The molecule has 0 saturated heterocycles. The zero-order valence-electron chi connectivity index (χ0n) is 12.9. The van der Waals surface area contributed by atoms with Crippen LogP contribution >= 0.6 is 0 Å². The van der Waals surface area contributed by atoms with Crippen molar-refractivity contribution in [1.82, 2.24) is 0 Å². The van der Waals surface area contributed by atoms with Gasteiger partial charge in [-0.2, -0.15) is 26.3 Å². The Morgan fingerprint density at radius 2 is 1.50 bits per heavy atom. The van der Waals surface area contributed by atoms with Crippen LogP contribution in [0.4, 0.5) is 35.1 Å². The zero-order chi connectivity index (χ0) is 20.8. The van der Waals surface area contributed by atoms with E-state index in [-0.39, 0.29) is 0 Å². The van der Waals surface area contributed by atoms with E-state index in [1.165, 1.54) is 0 Å². The highest BCUT2D eigenvalue weighted by molar-refractivity contribution is 7.80. The molecular formula is C12H13F8NO4S. The van der Waals surface area contributed by atoms with Gasteiger partial charge in [-0.1, -0.05) is 6.07 Å². The molecule has 0 unspecified atom stereocenters. The van der Waals surface area contributed by atoms with Gasteiger partial charge >= 0.3 is 24.2 Å². The summed E-state index contributed by atoms with van der Waals surface area (Å²) in [6, 6.07) is 6.08. The van der Waals surface area contributed by atoms with E-state index in [0.29, 0.717) is 0 Å². The predicted octanol–water partition coefficient (Wildman–Crippen LogP) is 2.63. The van der Waals surface area contributed by atoms with Crippen molar-refractivity contribution < 1.29 is 56.8 Å². The minimum absolute atomic E-state index is 1.06. The largest absolute Gasteiger partial charge is 0.726 e. The van der Waals surface area contributed by atoms with Gasteiger partial charge in [-0.3, -0.25) is 4.18 Å². The van der Waals surface area contributed by atoms with Gasteiger partial charge in [0.15, 0.2) is 12.4 Å². The fourth-order valence-corrected chi connectivity index (χ4v) is 1.56. The molecule has 1 heterocycles. The van der Waals surface area contributed by atoms with Gasteiger partial charge in [-0.25, -0.2) is 21.8 Å². The molecule has 152 valence electrons. The molecule has 0 aliphatic carbocycles. The molecule has 0 aromatic carbocycles. The Bertz CT molecular complexity index is 654. The third kappa shape index (κ3) is 6.64. The van der Waals surface area contributed by atoms with Gasteiger partial charge in [0.25, 0.3) is 0 Å². The van der Waals surface area contributed by atoms with Crippen molar-refractivity contribution in [3.8, 4) is 0 Å². The topological polar surface area (TPSA) is 70.3 Å². The molecule has 0 fully saturated rings. The molecule has 1 aromatic heterocycles. The number of hydrogen-bond donors (Lipinski definition) is 0. The number of halogens is 8. The fourth-order valence-electron chi connectivity index (χ4n) is 1.26. The maximum absolute atomic E-state index is 12.5. The van der Waals surface area contributed by atoms with Crippen LogP contribution in [-0.4, -0.2) is 43.8 Å². The quantitative estimate of drug-likeness (QED) is 0.295. The molecule has 0 aliphatic heterocycles. The molecule has 0 N–H and O–H groups in total. The number of pyridine rings is 1. The first-order valence-electron chi connectivity index (χ1n) is 6.54. The lowest BCUT2D eigenvalue weighted by Gasteiger charge is -2.31. The van der Waals surface area contributed by atoms with Gasteiger partial charge in [-0.05, 0) is 6.92 Å². The number of alkyl halides is 8. The Hall–Kier alpha value is -1.54. The third-order valence-corrected chi connectivity index (χ3v) is 3.09. The summed E-state index contributed by atoms with van der Waals surface area (Å²) in [5.74, 6) is -19.0. The molecule has 0 saturated carbocycles. The lowest BCUT2D eigenvalue weighted by atomic mass is 10.1. The second-order valence-corrected chi connectivity index (χ2v) is 5.63. The van der Waals surface area contributed by atoms with E-state index >= 15 is 0 Å². The van der Waals surface area contributed by atoms with Crippen molar-refractivity contribution >= 4 is 10.4 Å². The first-order valence-corrected chi connectivity index (χ1v) is 7.87. The maximum atomic E-state index is 12.5. The third-order valence-electron chi connectivity index (χ3n) is 2.68. The smallest absolute Gasteiger partial charge is 0.380 e. The Balaban J connectivity index is 0.000000642. The molecule has 0 aliphatic rings. The van der Waals surface area contributed by atoms with Gasteiger partial charge in [0, 0.05) is 12.1 Å². The summed E-state index contributed by atoms with van der Waals surface area (Å²) in [5, 5.41) is 0. The average molecular weight is 419 g/mol. The standard InChI is InChI=1S/C7H10N.C5H4F8O4S/c1-2-8-6-4-3-5-7-8;6-2(7)4(10,11)5(12,13)3(8,9)1-17-18(14,15)16/h3-7H,2H2,1H3;2H,1H2,(H,14,15,16)/q+1;/p-1. The normalized spacial score (nSPS) is 13.3. The van der Waals surface area contributed by atoms with Gasteiger partial charge in [0.1, 0.15) is 13.2 Å². The molecule has 1 rings (SSSR count). The molecule has 0 spiro atoms. The van der Waals surface area contributed by atoms with Crippen LogP contribution in [0, 0.1) is 0 Å². The summed E-state index contributed by atoms with van der Waals surface area (Å²) in [6.45, 7) is 0.189. The second kappa shape index (κ2) is 8.90. The molecule has 0 radical (unpaired) electrons. The SMILES string of the molecule is CC[n+]1ccccc1.O=S(=O)([O-])OCC(F)(F)C(F)(F)C(F)(F)C(F)F. The number of nitrogens with zero attached hydrogens (tertiary/aromatic N) is 1. The predicted molar refractivity (Wildman–Crippen MR) is 68.8 cm³/mol. The van der Waals surface area contributed by atoms with E-state index < -0.39 is 41.2 Å². The van der Waals surface area contributed by atoms with Crippen LogP contribution in [0.5, 0.6) is 0 Å². The van der Waals surface area contributed by atoms with Crippen molar-refractivity contribution in [2.45, 2.75) is 37.7 Å². The van der Waals surface area contributed by atoms with Crippen LogP contribution in [0.3, 0.4) is 0 Å². The molecule has 0 atom stereocenters. The minimum Gasteiger partial charge on any atom is -0.726 e. The van der Waals surface area contributed by atoms with Crippen LogP contribution in [0.15, 0.2) is 30.6 Å². The average Bonchev–Trinajstić information content (AvgIpc) is 2.53. The molecule has 1 aromatic rings. The summed E-state index contributed by atoms with van der Waals surface area (Å²) in [6.07, 6.45) is -1.03. The molecule has 0 bridgehead atoms. The zero-order valence-corrected chi connectivity index (χ0v) is 13.7. The van der Waals surface area contributed by atoms with E-state index in [4.69, 9.17) is 0 Å². The summed E-state index contributed by atoms with van der Waals surface area (Å²) in [4.78, 5) is 0. The summed E-state index contributed by atoms with van der Waals surface area (Å²) < 4.78 is 131. The maximum Gasteiger partial charge on any atom is 0.380 e. The number of aromatic nitrogens is 1. The van der Waals surface area contributed by atoms with E-state index in [1.54, 1.807) is 0 Å². The highest BCUT2D eigenvalue weighted by Gasteiger charge is 2.75. The molecular weight excluding hydrogens is 406 g/mol. The van der Waals surface area contributed by atoms with Crippen LogP contribution < -0.4 is 4.57 Å². The summed E-state index contributed by atoms with van der Waals surface area (Å²) in [5.41, 5.74) is 0. The summed E-state index contributed by atoms with van der Waals surface area (Å²) in [7, 11) is -5.88. The number of hydrogen-bond acceptors (Lipinski definition) is 4. The van der Waals surface area contributed by atoms with Crippen LogP contribution in [0.25, 0.3) is 0 Å². The van der Waals surface area contributed by atoms with Crippen molar-refractivity contribution in [2.75, 3.05) is 6.61 Å².